The van der Waals surface area contributed by atoms with Crippen molar-refractivity contribution < 1.29 is 143 Å². The Morgan fingerprint density at radius 3 is 1.16 bits per heavy atom. The van der Waals surface area contributed by atoms with Crippen LogP contribution in [0.1, 0.15) is 50.7 Å². The minimum Gasteiger partial charge on any atom is -0.396 e. The first kappa shape index (κ1) is 119. The van der Waals surface area contributed by atoms with E-state index in [0.717, 1.165) is 5.57 Å². The third-order valence-corrected chi connectivity index (χ3v) is 23.2. The zero-order valence-electron chi connectivity index (χ0n) is 84.6. The number of hydrogen-bond donors (Lipinski definition) is 3. The van der Waals surface area contributed by atoms with Crippen LogP contribution in [0, 0.1) is 55.3 Å². The fourth-order valence-corrected chi connectivity index (χ4v) is 16.3. The van der Waals surface area contributed by atoms with Crippen LogP contribution in [0.5, 0.6) is 0 Å². The molecule has 3 aliphatic heterocycles. The van der Waals surface area contributed by atoms with E-state index in [2.05, 4.69) is 106 Å². The van der Waals surface area contributed by atoms with Crippen molar-refractivity contribution in [2.75, 3.05) is 243 Å². The van der Waals surface area contributed by atoms with Gasteiger partial charge < -0.3 is 149 Å². The summed E-state index contributed by atoms with van der Waals surface area (Å²) in [6, 6.07) is -0.836. The lowest BCUT2D eigenvalue weighted by molar-refractivity contribution is -0.375. The molecule has 6 aromatic heterocycles. The number of methoxy groups -OCH3 is 11. The fraction of sp³-hybridized carbons (Fsp3) is 0.725. The van der Waals surface area contributed by atoms with Gasteiger partial charge in [-0.1, -0.05) is 66.2 Å². The van der Waals surface area contributed by atoms with Crippen LogP contribution in [0.3, 0.4) is 0 Å². The minimum absolute atomic E-state index is 0.0226. The van der Waals surface area contributed by atoms with Crippen LogP contribution in [0.15, 0.2) is 53.9 Å². The van der Waals surface area contributed by atoms with Crippen molar-refractivity contribution in [2.24, 2.45) is 11.0 Å². The summed E-state index contributed by atoms with van der Waals surface area (Å²) in [4.78, 5) is 46.3. The Bertz CT molecular complexity index is 4620. The lowest BCUT2D eigenvalue weighted by atomic mass is 9.80. The Labute approximate surface area is 847 Å². The second-order valence-electron chi connectivity index (χ2n) is 32.9. The predicted molar refractivity (Wildman–Crippen MR) is 506 cm³/mol. The number of amides is 3. The van der Waals surface area contributed by atoms with Crippen LogP contribution in [0.25, 0.3) is 10.4 Å². The van der Waals surface area contributed by atoms with Gasteiger partial charge in [0.05, 0.1) is 233 Å². The number of aliphatic hydroxyl groups excluding tert-OH is 1. The maximum Gasteiger partial charge on any atom is 0.276 e. The number of rotatable bonds is 71. The van der Waals surface area contributed by atoms with Crippen LogP contribution in [0.2, 0.25) is 0 Å². The Balaban J connectivity index is 0.000000340. The molecule has 9 heterocycles. The molecular formula is C91H139N25O30. The number of carbonyl (C=O) groups is 3. The highest BCUT2D eigenvalue weighted by atomic mass is 16.8. The Kier molecular flexibility index (Phi) is 54.9. The zero-order valence-corrected chi connectivity index (χ0v) is 84.6. The number of aromatic nitrogens is 18. The average molecular weight is 2060 g/mol. The number of terminal acetylenes is 4. The van der Waals surface area contributed by atoms with Crippen LogP contribution in [-0.4, -0.2) is 476 Å². The van der Waals surface area contributed by atoms with Crippen LogP contribution in [0.4, 0.5) is 0 Å². The maximum atomic E-state index is 13.9. The molecule has 0 bridgehead atoms. The van der Waals surface area contributed by atoms with E-state index < -0.39 is 117 Å². The standard InChI is InChI=1S/C52H70N20O12.C39H69N5O18/c1-5-19-75-27-31-81-41-45-35-67(59-53-45)13-9-65(10-14-68-36-46(54-60-68)42-82-32-28-76-20-6-2)51(73)49-39-71(63-57-49)17-23-79-25-26-80-24-18-72-40-50(58-64-72)52(74)66(11-15-69-37-47(55-61-69)43-83-33-29-77-21-7-3)12-16-70-38-48(56-62-70)44-84-34-30-78-22-8-4;1-19-26(42-22-13-20(16-47-2)21(15-45)27(50-5)28(22)51-6)31(52-7)35(56-11)38(58-19)61-30-24(18-49-4)60-39(36(57-12)33(30)54-9)62-29-23(17-48-3)59-37(34(55-10)32(29)53-8)43-25(46)14-41-44-40/h1-4,35-40H,9-34,41-44H2;13,19,21-24,26-39,42,45H,14-18H2,1-12H3,(H,43,46). The zero-order chi connectivity index (χ0) is 105. The van der Waals surface area contributed by atoms with E-state index in [1.54, 1.807) is 101 Å². The number of aliphatic hydroxyl groups is 1. The van der Waals surface area contributed by atoms with Crippen molar-refractivity contribution in [3.8, 4) is 49.4 Å². The summed E-state index contributed by atoms with van der Waals surface area (Å²) in [5.74, 6) is 8.03. The van der Waals surface area contributed by atoms with Gasteiger partial charge in [-0.05, 0) is 18.0 Å². The molecule has 6 aromatic rings. The predicted octanol–water partition coefficient (Wildman–Crippen LogP) is -2.37. The van der Waals surface area contributed by atoms with Gasteiger partial charge >= 0.3 is 0 Å². The topological polar surface area (TPSA) is 575 Å². The number of ether oxygens (including phenoxy) is 26. The molecule has 19 atom stereocenters. The van der Waals surface area contributed by atoms with Gasteiger partial charge in [-0.2, -0.15) is 0 Å². The van der Waals surface area contributed by atoms with Gasteiger partial charge in [0.1, 0.15) is 123 Å². The average Bonchev–Trinajstić information content (AvgIpc) is 1.22. The highest BCUT2D eigenvalue weighted by molar-refractivity contribution is 5.92. The van der Waals surface area contributed by atoms with Crippen LogP contribution >= 0.6 is 0 Å². The van der Waals surface area contributed by atoms with Crippen molar-refractivity contribution in [3.63, 3.8) is 0 Å². The number of hydrogen-bond acceptors (Lipinski definition) is 44. The SMILES string of the molecule is C#CCOCCOCc1cn(CCN(CCn2cc(COCCOCC#C)nn2)C(=O)c2cn(CCOCCOCCn3cc(C(=O)N(CCn4cc(COCCOCC#C)nn4)CCn4cc(COCCOCC#C)nn4)nn3)nn2)nn1.COCC1=CC(NC2C(C)OC(OC3C(COC)OC(OC4C(COC)OC(NC(=O)CN=[N+]=[N-])C(OC)C4OC)C(OC)C3OC)C(OC)C2OC)C(OC)C(OC)C1CO. The van der Waals surface area contributed by atoms with E-state index >= 15 is 0 Å². The summed E-state index contributed by atoms with van der Waals surface area (Å²) in [6.45, 7) is 10.4. The quantitative estimate of drug-likeness (QED) is 0.00897. The second kappa shape index (κ2) is 67.4. The molecular weight excluding hydrogens is 1920 g/mol. The highest BCUT2D eigenvalue weighted by Gasteiger charge is 2.57. The molecule has 3 fully saturated rings. The summed E-state index contributed by atoms with van der Waals surface area (Å²) >= 11 is 0. The van der Waals surface area contributed by atoms with Crippen molar-refractivity contribution in [2.45, 2.75) is 183 Å². The van der Waals surface area contributed by atoms with Gasteiger partial charge in [-0.3, -0.25) is 33.1 Å². The molecule has 10 rings (SSSR count). The van der Waals surface area contributed by atoms with Gasteiger partial charge in [-0.25, -0.2) is 9.36 Å². The summed E-state index contributed by atoms with van der Waals surface area (Å²) in [5.41, 5.74) is 12.3. The molecule has 0 aromatic carbocycles. The molecule has 4 aliphatic rings. The summed E-state index contributed by atoms with van der Waals surface area (Å²) < 4.78 is 162. The van der Waals surface area contributed by atoms with E-state index in [4.69, 9.17) is 154 Å². The van der Waals surface area contributed by atoms with E-state index in [-0.39, 0.29) is 160 Å². The highest BCUT2D eigenvalue weighted by Crippen LogP contribution is 2.38. The molecule has 0 spiro atoms. The lowest BCUT2D eigenvalue weighted by Crippen LogP contribution is -2.69. The minimum atomic E-state index is -1.12. The molecule has 3 N–H and O–H groups in total. The van der Waals surface area contributed by atoms with Crippen molar-refractivity contribution in [1.29, 1.82) is 0 Å². The first-order valence-electron chi connectivity index (χ1n) is 47.2. The van der Waals surface area contributed by atoms with E-state index in [0.29, 0.717) is 122 Å². The van der Waals surface area contributed by atoms with Crippen LogP contribution in [-0.2, 0) is 194 Å². The first-order valence-corrected chi connectivity index (χ1v) is 47.2. The Morgan fingerprint density at radius 1 is 0.425 bits per heavy atom. The number of nitrogens with zero attached hydrogens (tertiary/aromatic N) is 23. The monoisotopic (exact) mass is 2060 g/mol. The molecule has 19 unspecified atom stereocenters. The third-order valence-electron chi connectivity index (χ3n) is 23.2. The van der Waals surface area contributed by atoms with Crippen molar-refractivity contribution >= 4 is 17.7 Å². The van der Waals surface area contributed by atoms with Gasteiger partial charge in [-0.15, -0.1) is 56.3 Å². The molecule has 808 valence electrons. The van der Waals surface area contributed by atoms with E-state index in [1.807, 2.05) is 13.0 Å². The van der Waals surface area contributed by atoms with Gasteiger partial charge in [0.2, 0.25) is 5.91 Å². The molecule has 0 saturated carbocycles. The summed E-state index contributed by atoms with van der Waals surface area (Å²) in [5, 5.41) is 70.2. The number of carbonyl (C=O) groups excluding carboxylic acids is 3. The van der Waals surface area contributed by atoms with Crippen molar-refractivity contribution in [3.05, 3.63) is 93.4 Å². The molecule has 55 heteroatoms. The first-order chi connectivity index (χ1) is 71.3. The van der Waals surface area contributed by atoms with E-state index in [1.165, 1.54) is 52.0 Å². The molecule has 146 heavy (non-hydrogen) atoms. The summed E-state index contributed by atoms with van der Waals surface area (Å²) in [7, 11) is 16.9. The van der Waals surface area contributed by atoms with Gasteiger partial charge in [0, 0.05) is 115 Å². The number of nitrogens with one attached hydrogen (secondary N) is 2. The largest absolute Gasteiger partial charge is 0.396 e. The molecule has 3 saturated heterocycles. The molecule has 55 nitrogen and oxygen atoms in total. The molecule has 0 radical (unpaired) electrons. The van der Waals surface area contributed by atoms with Crippen molar-refractivity contribution in [1.82, 2.24) is 110 Å². The Hall–Kier alpha value is -10.6. The second-order valence-corrected chi connectivity index (χ2v) is 32.9. The normalized spacial score (nSPS) is 23.4. The van der Waals surface area contributed by atoms with E-state index in [9.17, 15) is 19.5 Å². The molecule has 3 amide bonds. The lowest BCUT2D eigenvalue weighted by Gasteiger charge is -2.51. The van der Waals surface area contributed by atoms with Crippen LogP contribution < -0.4 is 10.6 Å². The maximum absolute atomic E-state index is 13.9. The molecule has 1 aliphatic carbocycles. The van der Waals surface area contributed by atoms with Gasteiger partial charge in [0.15, 0.2) is 30.2 Å². The third kappa shape index (κ3) is 37.6. The fourth-order valence-electron chi connectivity index (χ4n) is 16.3. The number of azide groups is 1. The van der Waals surface area contributed by atoms with Gasteiger partial charge in [0.25, 0.3) is 11.8 Å². The Morgan fingerprint density at radius 2 is 0.788 bits per heavy atom. The summed E-state index contributed by atoms with van der Waals surface area (Å²) in [6.07, 6.45) is 20.2. The smallest absolute Gasteiger partial charge is 0.276 e.